The van der Waals surface area contributed by atoms with E-state index >= 15 is 0 Å². The van der Waals surface area contributed by atoms with E-state index in [1.165, 1.54) is 23.7 Å². The van der Waals surface area contributed by atoms with Crippen LogP contribution in [0.25, 0.3) is 10.9 Å². The molecule has 3 heterocycles. The second kappa shape index (κ2) is 19.7. The molecule has 1 aliphatic rings. The maximum atomic E-state index is 13.0. The first-order chi connectivity index (χ1) is 26.4. The summed E-state index contributed by atoms with van der Waals surface area (Å²) in [5.41, 5.74) is 2.85. The number of hydrogen-bond acceptors (Lipinski definition) is 12. The molecule has 0 saturated heterocycles. The lowest BCUT2D eigenvalue weighted by Crippen LogP contribution is -2.27. The average Bonchev–Trinajstić information content (AvgIpc) is 3.15. The molecule has 55 heavy (non-hydrogen) atoms. The number of halogens is 2. The summed E-state index contributed by atoms with van der Waals surface area (Å²) in [6.45, 7) is 2.80. The van der Waals surface area contributed by atoms with Crippen LogP contribution in [0.5, 0.6) is 5.75 Å². The number of pyridine rings is 2. The number of aliphatic imine (C=N–C) groups is 1. The monoisotopic (exact) mass is 786 g/mol. The molecule has 15 nitrogen and oxygen atoms in total. The summed E-state index contributed by atoms with van der Waals surface area (Å²) in [4.78, 5) is 52.6. The van der Waals surface area contributed by atoms with Gasteiger partial charge in [0.2, 0.25) is 5.91 Å². The van der Waals surface area contributed by atoms with E-state index in [0.717, 1.165) is 0 Å². The zero-order valence-electron chi connectivity index (χ0n) is 29.8. The minimum atomic E-state index is -1.40. The first kappa shape index (κ1) is 41.4. The summed E-state index contributed by atoms with van der Waals surface area (Å²) in [7, 11) is 3.82. The van der Waals surface area contributed by atoms with Gasteiger partial charge in [-0.3, -0.25) is 19.6 Å². The van der Waals surface area contributed by atoms with Gasteiger partial charge in [-0.2, -0.15) is 5.26 Å². The van der Waals surface area contributed by atoms with Crippen LogP contribution in [-0.2, 0) is 30.8 Å². The molecule has 0 saturated carbocycles. The highest BCUT2D eigenvalue weighted by Crippen LogP contribution is 2.47. The highest BCUT2D eigenvalue weighted by atomic mass is 35.5. The fourth-order valence-corrected chi connectivity index (χ4v) is 5.66. The maximum absolute atomic E-state index is 13.0. The molecule has 284 valence electrons. The van der Waals surface area contributed by atoms with Gasteiger partial charge in [-0.05, 0) is 57.4 Å². The number of carboxylic acids is 2. The largest absolute Gasteiger partial charge is 0.492 e. The van der Waals surface area contributed by atoms with Gasteiger partial charge in [0.15, 0.2) is 5.00 Å². The number of alkyl halides is 1. The molecule has 1 unspecified atom stereocenters. The lowest BCUT2D eigenvalue weighted by atomic mass is 10.0. The van der Waals surface area contributed by atoms with Crippen molar-refractivity contribution in [1.82, 2.24) is 20.2 Å². The number of ether oxygens (including phenoxy) is 1. The van der Waals surface area contributed by atoms with E-state index in [-0.39, 0.29) is 18.1 Å². The summed E-state index contributed by atoms with van der Waals surface area (Å²) in [5.74, 6) is -2.45. The maximum Gasteiger partial charge on any atom is 0.328 e. The second-order valence-corrected chi connectivity index (χ2v) is 12.5. The second-order valence-electron chi connectivity index (χ2n) is 11.5. The number of benzene rings is 2. The highest BCUT2D eigenvalue weighted by Gasteiger charge is 2.35. The van der Waals surface area contributed by atoms with Crippen LogP contribution < -0.4 is 20.4 Å². The zero-order chi connectivity index (χ0) is 40.0. The van der Waals surface area contributed by atoms with Crippen LogP contribution in [0.1, 0.15) is 23.7 Å². The van der Waals surface area contributed by atoms with Crippen LogP contribution in [-0.4, -0.2) is 76.5 Å². The number of anilines is 3. The number of carbonyl (C=O) groups excluding carboxylic acids is 1. The van der Waals surface area contributed by atoms with E-state index in [9.17, 15) is 19.6 Å². The Morgan fingerprint density at radius 3 is 2.45 bits per heavy atom. The van der Waals surface area contributed by atoms with Crippen molar-refractivity contribution >= 4 is 75.4 Å². The van der Waals surface area contributed by atoms with Gasteiger partial charge in [0, 0.05) is 65.4 Å². The molecule has 1 amide bonds. The molecule has 2 aromatic carbocycles. The molecule has 17 heteroatoms. The lowest BCUT2D eigenvalue weighted by molar-refractivity contribution is -0.134. The SMILES string of the molecule is CCOc1cc2ncc(C#N)c(N(OCc3ccccn3)c3cccc(Cl)c3C3(Cl)C=CNC=N3)c2cc1NC(=O)/C=C/CN(C)C.O=C(O)/C=C\C(=O)O. The number of nitriles is 1. The van der Waals surface area contributed by atoms with Crippen LogP contribution in [0.4, 0.5) is 17.1 Å². The molecular weight excluding hydrogens is 751 g/mol. The van der Waals surface area contributed by atoms with Crippen molar-refractivity contribution in [3.8, 4) is 11.8 Å². The summed E-state index contributed by atoms with van der Waals surface area (Å²) in [5, 5.41) is 34.1. The van der Waals surface area contributed by atoms with Crippen LogP contribution in [0.3, 0.4) is 0 Å². The molecule has 5 rings (SSSR count). The summed E-state index contributed by atoms with van der Waals surface area (Å²) >= 11 is 13.9. The van der Waals surface area contributed by atoms with Crippen molar-refractivity contribution in [1.29, 1.82) is 5.26 Å². The lowest BCUT2D eigenvalue weighted by Gasteiger charge is -2.32. The molecule has 0 bridgehead atoms. The smallest absolute Gasteiger partial charge is 0.328 e. The highest BCUT2D eigenvalue weighted by molar-refractivity contribution is 6.34. The van der Waals surface area contributed by atoms with E-state index in [0.29, 0.717) is 75.3 Å². The fraction of sp³-hybridized carbons (Fsp3) is 0.184. The summed E-state index contributed by atoms with van der Waals surface area (Å²) in [6.07, 6.45) is 12.2. The van der Waals surface area contributed by atoms with Gasteiger partial charge in [0.1, 0.15) is 18.4 Å². The third-order valence-corrected chi connectivity index (χ3v) is 8.01. The van der Waals surface area contributed by atoms with Gasteiger partial charge in [-0.1, -0.05) is 41.4 Å². The minimum absolute atomic E-state index is 0.0225. The summed E-state index contributed by atoms with van der Waals surface area (Å²) in [6, 6.07) is 16.4. The number of nitrogens with one attached hydrogen (secondary N) is 2. The molecule has 0 spiro atoms. The first-order valence-corrected chi connectivity index (χ1v) is 17.2. The summed E-state index contributed by atoms with van der Waals surface area (Å²) < 4.78 is 5.89. The molecule has 2 aromatic heterocycles. The third-order valence-electron chi connectivity index (χ3n) is 7.29. The van der Waals surface area contributed by atoms with E-state index in [4.69, 9.17) is 43.0 Å². The van der Waals surface area contributed by atoms with Gasteiger partial charge >= 0.3 is 11.9 Å². The number of nitrogens with zero attached hydrogens (tertiary/aromatic N) is 6. The van der Waals surface area contributed by atoms with Crippen molar-refractivity contribution in [2.24, 2.45) is 4.99 Å². The van der Waals surface area contributed by atoms with Crippen molar-refractivity contribution < 1.29 is 34.2 Å². The quantitative estimate of drug-likeness (QED) is 0.0493. The topological polar surface area (TPSA) is 203 Å². The normalized spacial score (nSPS) is 14.6. The Labute approximate surface area is 326 Å². The predicted octanol–water partition coefficient (Wildman–Crippen LogP) is 6.13. The molecule has 1 atom stereocenters. The Bertz CT molecular complexity index is 2160. The van der Waals surface area contributed by atoms with Crippen molar-refractivity contribution in [3.63, 3.8) is 0 Å². The van der Waals surface area contributed by atoms with E-state index in [2.05, 4.69) is 31.7 Å². The number of amides is 1. The average molecular weight is 788 g/mol. The third kappa shape index (κ3) is 11.3. The van der Waals surface area contributed by atoms with Crippen molar-refractivity contribution in [2.45, 2.75) is 18.5 Å². The Kier molecular flexibility index (Phi) is 14.8. The van der Waals surface area contributed by atoms with Gasteiger partial charge in [0.05, 0.1) is 46.8 Å². The predicted molar refractivity (Wildman–Crippen MR) is 209 cm³/mol. The van der Waals surface area contributed by atoms with Gasteiger partial charge < -0.3 is 30.5 Å². The molecule has 0 radical (unpaired) electrons. The molecule has 4 aromatic rings. The van der Waals surface area contributed by atoms with Crippen LogP contribution in [0.2, 0.25) is 5.02 Å². The number of fused-ring (bicyclic) bond motifs is 1. The number of hydrogen-bond donors (Lipinski definition) is 4. The van der Waals surface area contributed by atoms with E-state index < -0.39 is 16.9 Å². The van der Waals surface area contributed by atoms with Crippen molar-refractivity contribution in [2.75, 3.05) is 37.6 Å². The first-order valence-electron chi connectivity index (χ1n) is 16.4. The number of rotatable bonds is 14. The molecule has 1 aliphatic heterocycles. The van der Waals surface area contributed by atoms with E-state index in [1.54, 1.807) is 60.9 Å². The van der Waals surface area contributed by atoms with Crippen LogP contribution >= 0.6 is 23.2 Å². The minimum Gasteiger partial charge on any atom is -0.492 e. The molecule has 0 fully saturated rings. The number of aromatic nitrogens is 2. The Hall–Kier alpha value is -6.31. The number of aliphatic carboxylic acids is 2. The Morgan fingerprint density at radius 1 is 1.07 bits per heavy atom. The van der Waals surface area contributed by atoms with Gasteiger partial charge in [-0.15, -0.1) is 0 Å². The van der Waals surface area contributed by atoms with Crippen molar-refractivity contribution in [3.05, 3.63) is 119 Å². The number of carboxylic acid groups (broad SMARTS) is 2. The van der Waals surface area contributed by atoms with Gasteiger partial charge in [0.25, 0.3) is 0 Å². The fourth-order valence-electron chi connectivity index (χ4n) is 4.99. The molecule has 4 N–H and O–H groups in total. The van der Waals surface area contributed by atoms with Crippen LogP contribution in [0.15, 0.2) is 102 Å². The standard InChI is InChI=1S/C34H32Cl2N8O3.C4H4O4/c1-4-46-30-18-27-25(17-28(30)42-31(45)12-8-16-43(2)3)33(23(19-37)20-40-27)44(47-21-24-9-5-6-14-39-24)29-11-7-10-26(35)32(29)34(36)13-15-38-22-41-34;5-3(6)1-2-4(7)8/h5-15,17-18,20,22H,4,16,21H2,1-3H3,(H,38,41)(H,42,45);1-2H,(H,5,6)(H,7,8)/b12-8+;2-1-. The number of carbonyl (C=O) groups is 3. The van der Waals surface area contributed by atoms with Gasteiger partial charge in [-0.25, -0.2) is 19.6 Å². The molecule has 0 aliphatic carbocycles. The zero-order valence-corrected chi connectivity index (χ0v) is 31.3. The molecular formula is C38H36Cl2N8O7. The van der Waals surface area contributed by atoms with E-state index in [1.807, 2.05) is 38.1 Å². The Morgan fingerprint density at radius 2 is 1.84 bits per heavy atom. The Balaban J connectivity index is 0.000000757. The number of likely N-dealkylation sites (N-methyl/N-ethyl adjacent to an activating group) is 1. The van der Waals surface area contributed by atoms with Crippen LogP contribution in [0, 0.1) is 11.3 Å².